The zero-order valence-electron chi connectivity index (χ0n) is 17.4. The predicted octanol–water partition coefficient (Wildman–Crippen LogP) is 3.29. The monoisotopic (exact) mass is 446 g/mol. The molecule has 0 aliphatic carbocycles. The highest BCUT2D eigenvalue weighted by molar-refractivity contribution is 7.13. The second-order valence-corrected chi connectivity index (χ2v) is 8.11. The molecule has 8 nitrogen and oxygen atoms in total. The molecule has 0 unspecified atom stereocenters. The molecule has 0 bridgehead atoms. The molecule has 0 saturated heterocycles. The first kappa shape index (κ1) is 21.3. The third-order valence-electron chi connectivity index (χ3n) is 4.72. The Morgan fingerprint density at radius 2 is 1.97 bits per heavy atom. The molecule has 3 N–H and O–H groups in total. The molecular weight excluding hydrogens is 424 g/mol. The fourth-order valence-corrected chi connectivity index (χ4v) is 4.02. The summed E-state index contributed by atoms with van der Waals surface area (Å²) in [5.41, 5.74) is 9.09. The van der Waals surface area contributed by atoms with Gasteiger partial charge in [-0.15, -0.1) is 11.3 Å². The van der Waals surface area contributed by atoms with E-state index in [1.807, 2.05) is 66.7 Å². The first-order valence-electron chi connectivity index (χ1n) is 9.91. The maximum Gasteiger partial charge on any atom is 0.275 e. The molecule has 0 aliphatic heterocycles. The van der Waals surface area contributed by atoms with Gasteiger partial charge in [0.2, 0.25) is 5.91 Å². The molecule has 32 heavy (non-hydrogen) atoms. The minimum atomic E-state index is -0.430. The molecule has 4 rings (SSSR count). The van der Waals surface area contributed by atoms with Crippen molar-refractivity contribution in [3.05, 3.63) is 83.6 Å². The average Bonchev–Trinajstić information content (AvgIpc) is 3.43. The van der Waals surface area contributed by atoms with E-state index in [1.165, 1.54) is 11.3 Å². The van der Waals surface area contributed by atoms with Crippen molar-refractivity contribution in [2.75, 3.05) is 16.8 Å². The lowest BCUT2D eigenvalue weighted by molar-refractivity contribution is -0.116. The van der Waals surface area contributed by atoms with Crippen LogP contribution in [-0.4, -0.2) is 33.1 Å². The fraction of sp³-hybridized carbons (Fsp3) is 0.130. The van der Waals surface area contributed by atoms with Gasteiger partial charge >= 0.3 is 0 Å². The quantitative estimate of drug-likeness (QED) is 0.432. The first-order valence-corrected chi connectivity index (χ1v) is 10.8. The minimum Gasteiger partial charge on any atom is -0.368 e. The second-order valence-electron chi connectivity index (χ2n) is 7.25. The van der Waals surface area contributed by atoms with Crippen molar-refractivity contribution in [1.82, 2.24) is 14.8 Å². The molecule has 0 spiro atoms. The maximum atomic E-state index is 12.7. The van der Waals surface area contributed by atoms with Gasteiger partial charge in [-0.2, -0.15) is 5.10 Å². The first-order chi connectivity index (χ1) is 15.5. The highest BCUT2D eigenvalue weighted by Gasteiger charge is 2.15. The Morgan fingerprint density at radius 1 is 1.16 bits per heavy atom. The van der Waals surface area contributed by atoms with E-state index in [0.29, 0.717) is 17.9 Å². The second kappa shape index (κ2) is 9.44. The van der Waals surface area contributed by atoms with Gasteiger partial charge in [0, 0.05) is 42.1 Å². The summed E-state index contributed by atoms with van der Waals surface area (Å²) >= 11 is 1.39. The highest BCUT2D eigenvalue weighted by Crippen LogP contribution is 2.25. The van der Waals surface area contributed by atoms with E-state index >= 15 is 0 Å². The molecule has 0 aliphatic rings. The SMILES string of the molecule is Cn1cc(-c2nc(C(=O)Nc3cccc(N(CC(N)=O)Cc4ccccc4)c3)cs2)cn1. The smallest absolute Gasteiger partial charge is 0.275 e. The number of benzene rings is 2. The molecule has 162 valence electrons. The average molecular weight is 447 g/mol. The van der Waals surface area contributed by atoms with Crippen LogP contribution in [0.5, 0.6) is 0 Å². The van der Waals surface area contributed by atoms with E-state index < -0.39 is 5.91 Å². The lowest BCUT2D eigenvalue weighted by Gasteiger charge is -2.24. The van der Waals surface area contributed by atoms with Gasteiger partial charge in [0.05, 0.1) is 12.7 Å². The number of amides is 2. The third kappa shape index (κ3) is 5.19. The number of rotatable bonds is 8. The number of nitrogens with one attached hydrogen (secondary N) is 1. The highest BCUT2D eigenvalue weighted by atomic mass is 32.1. The number of hydrogen-bond acceptors (Lipinski definition) is 6. The Balaban J connectivity index is 1.50. The summed E-state index contributed by atoms with van der Waals surface area (Å²) in [4.78, 5) is 30.7. The Morgan fingerprint density at radius 3 is 2.69 bits per heavy atom. The Hall–Kier alpha value is -3.98. The topological polar surface area (TPSA) is 106 Å². The Kier molecular flexibility index (Phi) is 6.27. The normalized spacial score (nSPS) is 10.7. The molecule has 2 heterocycles. The van der Waals surface area contributed by atoms with Crippen LogP contribution in [0.15, 0.2) is 72.4 Å². The van der Waals surface area contributed by atoms with Crippen molar-refractivity contribution in [1.29, 1.82) is 0 Å². The van der Waals surface area contributed by atoms with E-state index in [0.717, 1.165) is 21.8 Å². The maximum absolute atomic E-state index is 12.7. The molecule has 0 radical (unpaired) electrons. The van der Waals surface area contributed by atoms with Crippen LogP contribution in [0, 0.1) is 0 Å². The number of aromatic nitrogens is 3. The van der Waals surface area contributed by atoms with Gasteiger partial charge in [0.25, 0.3) is 5.91 Å². The summed E-state index contributed by atoms with van der Waals surface area (Å²) in [6.07, 6.45) is 3.56. The molecule has 0 saturated carbocycles. The molecular formula is C23H22N6O2S. The zero-order chi connectivity index (χ0) is 22.5. The number of anilines is 2. The number of thiazole rings is 1. The molecule has 2 aromatic heterocycles. The molecule has 0 fully saturated rings. The Bertz CT molecular complexity index is 1230. The number of carbonyl (C=O) groups is 2. The number of nitrogens with zero attached hydrogens (tertiary/aromatic N) is 4. The summed E-state index contributed by atoms with van der Waals surface area (Å²) in [6, 6.07) is 17.1. The van der Waals surface area contributed by atoms with E-state index in [-0.39, 0.29) is 12.5 Å². The van der Waals surface area contributed by atoms with Gasteiger partial charge in [-0.05, 0) is 23.8 Å². The van der Waals surface area contributed by atoms with Crippen LogP contribution in [0.2, 0.25) is 0 Å². The van der Waals surface area contributed by atoms with Crippen LogP contribution in [0.25, 0.3) is 10.6 Å². The zero-order valence-corrected chi connectivity index (χ0v) is 18.2. The van der Waals surface area contributed by atoms with Crippen LogP contribution >= 0.6 is 11.3 Å². The molecule has 9 heteroatoms. The van der Waals surface area contributed by atoms with Crippen LogP contribution in [0.3, 0.4) is 0 Å². The van der Waals surface area contributed by atoms with Crippen molar-refractivity contribution in [3.8, 4) is 10.6 Å². The summed E-state index contributed by atoms with van der Waals surface area (Å²) in [5, 5.41) is 9.47. The van der Waals surface area contributed by atoms with Crippen molar-refractivity contribution in [3.63, 3.8) is 0 Å². The standard InChI is InChI=1S/C23H22N6O2S/c1-28-13-17(11-25-28)23-27-20(15-32-23)22(31)26-18-8-5-9-19(10-18)29(14-21(24)30)12-16-6-3-2-4-7-16/h2-11,13,15H,12,14H2,1H3,(H2,24,30)(H,26,31). The van der Waals surface area contributed by atoms with Crippen LogP contribution < -0.4 is 16.0 Å². The molecule has 4 aromatic rings. The number of primary amides is 1. The number of hydrogen-bond donors (Lipinski definition) is 2. The summed E-state index contributed by atoms with van der Waals surface area (Å²) in [5.74, 6) is -0.737. The number of nitrogens with two attached hydrogens (primary N) is 1. The van der Waals surface area contributed by atoms with Gasteiger partial charge in [0.1, 0.15) is 10.7 Å². The minimum absolute atomic E-state index is 0.0624. The van der Waals surface area contributed by atoms with E-state index in [2.05, 4.69) is 15.4 Å². The lowest BCUT2D eigenvalue weighted by Crippen LogP contribution is -2.33. The van der Waals surface area contributed by atoms with Crippen LogP contribution in [-0.2, 0) is 18.4 Å². The third-order valence-corrected chi connectivity index (χ3v) is 5.61. The van der Waals surface area contributed by atoms with Gasteiger partial charge in [0.15, 0.2) is 0 Å². The molecule has 2 amide bonds. The van der Waals surface area contributed by atoms with Gasteiger partial charge in [-0.1, -0.05) is 36.4 Å². The van der Waals surface area contributed by atoms with E-state index in [9.17, 15) is 9.59 Å². The molecule has 2 aromatic carbocycles. The lowest BCUT2D eigenvalue weighted by atomic mass is 10.2. The summed E-state index contributed by atoms with van der Waals surface area (Å²) in [7, 11) is 1.83. The predicted molar refractivity (Wildman–Crippen MR) is 125 cm³/mol. The summed E-state index contributed by atoms with van der Waals surface area (Å²) < 4.78 is 1.69. The van der Waals surface area contributed by atoms with Crippen molar-refractivity contribution >= 4 is 34.5 Å². The van der Waals surface area contributed by atoms with Crippen LogP contribution in [0.1, 0.15) is 16.1 Å². The van der Waals surface area contributed by atoms with E-state index in [1.54, 1.807) is 22.3 Å². The largest absolute Gasteiger partial charge is 0.368 e. The van der Waals surface area contributed by atoms with Gasteiger partial charge in [-0.3, -0.25) is 14.3 Å². The fourth-order valence-electron chi connectivity index (χ4n) is 3.25. The van der Waals surface area contributed by atoms with Gasteiger partial charge < -0.3 is 16.0 Å². The van der Waals surface area contributed by atoms with Crippen molar-refractivity contribution < 1.29 is 9.59 Å². The van der Waals surface area contributed by atoms with Crippen molar-refractivity contribution in [2.24, 2.45) is 12.8 Å². The van der Waals surface area contributed by atoms with Crippen molar-refractivity contribution in [2.45, 2.75) is 6.54 Å². The van der Waals surface area contributed by atoms with Crippen LogP contribution in [0.4, 0.5) is 11.4 Å². The van der Waals surface area contributed by atoms with E-state index in [4.69, 9.17) is 5.73 Å². The molecule has 0 atom stereocenters. The number of aryl methyl sites for hydroxylation is 1. The number of carbonyl (C=O) groups excluding carboxylic acids is 2. The summed E-state index contributed by atoms with van der Waals surface area (Å²) in [6.45, 7) is 0.578. The Labute approximate surface area is 189 Å². The van der Waals surface area contributed by atoms with Gasteiger partial charge in [-0.25, -0.2) is 4.98 Å².